The largest absolute Gasteiger partial charge is 0.507 e. The first-order valence-electron chi connectivity index (χ1n) is 10.5. The third-order valence-electron chi connectivity index (χ3n) is 5.82. The highest BCUT2D eigenvalue weighted by atomic mass is 19.1. The summed E-state index contributed by atoms with van der Waals surface area (Å²) in [5, 5.41) is 22.3. The van der Waals surface area contributed by atoms with Gasteiger partial charge in [0.2, 0.25) is 0 Å². The summed E-state index contributed by atoms with van der Waals surface area (Å²) >= 11 is 0. The number of amides is 1. The molecule has 2 aromatic carbocycles. The molecule has 4 rings (SSSR count). The Morgan fingerprint density at radius 2 is 1.82 bits per heavy atom. The van der Waals surface area contributed by atoms with Crippen LogP contribution in [0.3, 0.4) is 0 Å². The molecule has 0 saturated carbocycles. The summed E-state index contributed by atoms with van der Waals surface area (Å²) in [4.78, 5) is 40.1. The molecule has 2 aliphatic rings. The fourth-order valence-corrected chi connectivity index (χ4v) is 4.10. The van der Waals surface area contributed by atoms with E-state index in [1.165, 1.54) is 35.2 Å². The fraction of sp³-hybridized carbons (Fsp3) is 0.304. The first-order chi connectivity index (χ1) is 15.9. The van der Waals surface area contributed by atoms with Gasteiger partial charge in [0.15, 0.2) is 0 Å². The van der Waals surface area contributed by atoms with Gasteiger partial charge in [0.25, 0.3) is 17.4 Å². The van der Waals surface area contributed by atoms with Crippen LogP contribution in [0.4, 0.5) is 10.1 Å². The Kier molecular flexibility index (Phi) is 6.47. The molecule has 2 fully saturated rings. The number of nitrogens with zero attached hydrogens (tertiary/aromatic N) is 3. The summed E-state index contributed by atoms with van der Waals surface area (Å²) in [6.45, 7) is 3.15. The summed E-state index contributed by atoms with van der Waals surface area (Å²) in [6.07, 6.45) is 0. The third kappa shape index (κ3) is 4.62. The molecule has 1 amide bonds. The van der Waals surface area contributed by atoms with Crippen LogP contribution >= 0.6 is 0 Å². The van der Waals surface area contributed by atoms with E-state index in [1.54, 1.807) is 6.07 Å². The van der Waals surface area contributed by atoms with E-state index in [2.05, 4.69) is 4.90 Å². The van der Waals surface area contributed by atoms with Gasteiger partial charge in [-0.3, -0.25) is 24.6 Å². The van der Waals surface area contributed by atoms with Crippen molar-refractivity contribution in [3.05, 3.63) is 81.2 Å². The van der Waals surface area contributed by atoms with Crippen molar-refractivity contribution in [3.63, 3.8) is 0 Å². The summed E-state index contributed by atoms with van der Waals surface area (Å²) in [5.41, 5.74) is 0.106. The van der Waals surface area contributed by atoms with Gasteiger partial charge in [0, 0.05) is 43.9 Å². The molecular formula is C23H22FN3O6. The number of non-ortho nitro benzene ring substituents is 1. The molecule has 0 aromatic heterocycles. The van der Waals surface area contributed by atoms with Gasteiger partial charge in [0.1, 0.15) is 11.6 Å². The maximum Gasteiger partial charge on any atom is 0.295 e. The number of hydrogen-bond acceptors (Lipinski definition) is 7. The number of ketones is 1. The van der Waals surface area contributed by atoms with Crippen LogP contribution in [-0.2, 0) is 14.3 Å². The zero-order valence-corrected chi connectivity index (χ0v) is 17.6. The second kappa shape index (κ2) is 9.47. The Hall–Kier alpha value is -3.63. The van der Waals surface area contributed by atoms with Gasteiger partial charge in [-0.25, -0.2) is 4.39 Å². The van der Waals surface area contributed by atoms with Gasteiger partial charge in [-0.2, -0.15) is 0 Å². The number of morpholine rings is 1. The Morgan fingerprint density at radius 3 is 2.48 bits per heavy atom. The van der Waals surface area contributed by atoms with Crippen molar-refractivity contribution in [1.82, 2.24) is 9.80 Å². The smallest absolute Gasteiger partial charge is 0.295 e. The molecule has 0 bridgehead atoms. The quantitative estimate of drug-likeness (QED) is 0.234. The van der Waals surface area contributed by atoms with Gasteiger partial charge in [-0.05, 0) is 29.8 Å². The second-order valence-corrected chi connectivity index (χ2v) is 7.81. The third-order valence-corrected chi connectivity index (χ3v) is 5.82. The number of likely N-dealkylation sites (tertiary alicyclic amines) is 1. The molecule has 0 radical (unpaired) electrons. The van der Waals surface area contributed by atoms with Crippen molar-refractivity contribution in [2.75, 3.05) is 39.4 Å². The normalized spacial score (nSPS) is 20.9. The number of benzene rings is 2. The average molecular weight is 455 g/mol. The number of aliphatic hydroxyl groups excluding tert-OH is 1. The van der Waals surface area contributed by atoms with Gasteiger partial charge >= 0.3 is 0 Å². The maximum absolute atomic E-state index is 13.4. The number of Topliss-reactive ketones (excluding diaryl/α,β-unsaturated/α-hetero) is 1. The van der Waals surface area contributed by atoms with Crippen LogP contribution in [0, 0.1) is 15.9 Å². The molecule has 9 nitrogen and oxygen atoms in total. The number of aliphatic hydroxyl groups is 1. The lowest BCUT2D eigenvalue weighted by molar-refractivity contribution is -0.384. The van der Waals surface area contributed by atoms with Crippen LogP contribution in [0.5, 0.6) is 0 Å². The predicted octanol–water partition coefficient (Wildman–Crippen LogP) is 2.49. The summed E-state index contributed by atoms with van der Waals surface area (Å²) in [7, 11) is 0. The van der Waals surface area contributed by atoms with Crippen LogP contribution in [-0.4, -0.2) is 70.9 Å². The van der Waals surface area contributed by atoms with Crippen molar-refractivity contribution in [1.29, 1.82) is 0 Å². The van der Waals surface area contributed by atoms with Crippen molar-refractivity contribution < 1.29 is 28.7 Å². The lowest BCUT2D eigenvalue weighted by Gasteiger charge is -2.31. The van der Waals surface area contributed by atoms with E-state index < -0.39 is 34.2 Å². The Bertz CT molecular complexity index is 1110. The first kappa shape index (κ1) is 22.6. The maximum atomic E-state index is 13.4. The van der Waals surface area contributed by atoms with Crippen molar-refractivity contribution in [2.24, 2.45) is 0 Å². The summed E-state index contributed by atoms with van der Waals surface area (Å²) in [6, 6.07) is 9.48. The van der Waals surface area contributed by atoms with E-state index in [4.69, 9.17) is 4.74 Å². The van der Waals surface area contributed by atoms with E-state index >= 15 is 0 Å². The number of halogens is 1. The van der Waals surface area contributed by atoms with Crippen molar-refractivity contribution in [2.45, 2.75) is 6.04 Å². The summed E-state index contributed by atoms with van der Waals surface area (Å²) < 4.78 is 18.7. The van der Waals surface area contributed by atoms with E-state index in [1.807, 2.05) is 0 Å². The zero-order chi connectivity index (χ0) is 23.5. The number of hydrogen-bond donors (Lipinski definition) is 1. The number of nitro benzene ring substituents is 1. The zero-order valence-electron chi connectivity index (χ0n) is 17.6. The number of carbonyl (C=O) groups is 2. The molecular weight excluding hydrogens is 433 g/mol. The van der Waals surface area contributed by atoms with Gasteiger partial charge in [0.05, 0.1) is 29.8 Å². The molecule has 1 N–H and O–H groups in total. The highest BCUT2D eigenvalue weighted by Gasteiger charge is 2.46. The molecule has 0 unspecified atom stereocenters. The Morgan fingerprint density at radius 1 is 1.12 bits per heavy atom. The first-order valence-corrected chi connectivity index (χ1v) is 10.5. The fourth-order valence-electron chi connectivity index (χ4n) is 4.10. The van der Waals surface area contributed by atoms with Gasteiger partial charge in [-0.15, -0.1) is 0 Å². The highest BCUT2D eigenvalue weighted by Crippen LogP contribution is 2.40. The molecule has 0 aliphatic carbocycles. The molecule has 2 aromatic rings. The summed E-state index contributed by atoms with van der Waals surface area (Å²) in [5.74, 6) is -2.68. The van der Waals surface area contributed by atoms with E-state index in [9.17, 15) is 29.2 Å². The number of nitro groups is 1. The second-order valence-electron chi connectivity index (χ2n) is 7.81. The lowest BCUT2D eigenvalue weighted by Crippen LogP contribution is -2.42. The van der Waals surface area contributed by atoms with Crippen molar-refractivity contribution >= 4 is 23.1 Å². The standard InChI is InChI=1S/C23H22FN3O6/c24-17-6-4-15(5-7-17)21(28)19-20(16-2-1-3-18(14-16)27(31)32)26(23(30)22(19)29)9-8-25-10-12-33-13-11-25/h1-7,14,20,28H,8-13H2/t20-/m0/s1. The van der Waals surface area contributed by atoms with Crippen LogP contribution in [0.25, 0.3) is 5.76 Å². The van der Waals surface area contributed by atoms with Crippen LogP contribution < -0.4 is 0 Å². The minimum atomic E-state index is -1.02. The van der Waals surface area contributed by atoms with Crippen LogP contribution in [0.1, 0.15) is 17.2 Å². The number of rotatable bonds is 6. The number of ether oxygens (including phenoxy) is 1. The lowest BCUT2D eigenvalue weighted by atomic mass is 9.95. The number of carbonyl (C=O) groups excluding carboxylic acids is 2. The monoisotopic (exact) mass is 455 g/mol. The van der Waals surface area contributed by atoms with Gasteiger partial charge < -0.3 is 14.7 Å². The van der Waals surface area contributed by atoms with E-state index in [-0.39, 0.29) is 23.4 Å². The molecule has 2 aliphatic heterocycles. The highest BCUT2D eigenvalue weighted by molar-refractivity contribution is 6.46. The molecule has 0 spiro atoms. The molecule has 1 atom stereocenters. The SMILES string of the molecule is O=C1C(=O)N(CCN2CCOCC2)[C@@H](c2cccc([N+](=O)[O-])c2)C1=C(O)c1ccc(F)cc1. The topological polar surface area (TPSA) is 113 Å². The predicted molar refractivity (Wildman–Crippen MR) is 116 cm³/mol. The minimum absolute atomic E-state index is 0.165. The van der Waals surface area contributed by atoms with Gasteiger partial charge in [-0.1, -0.05) is 12.1 Å². The van der Waals surface area contributed by atoms with Crippen LogP contribution in [0.15, 0.2) is 54.1 Å². The molecule has 33 heavy (non-hydrogen) atoms. The molecule has 2 saturated heterocycles. The minimum Gasteiger partial charge on any atom is -0.507 e. The van der Waals surface area contributed by atoms with E-state index in [0.29, 0.717) is 38.4 Å². The molecule has 172 valence electrons. The Balaban J connectivity index is 1.77. The molecule has 2 heterocycles. The van der Waals surface area contributed by atoms with Crippen LogP contribution in [0.2, 0.25) is 0 Å². The Labute approximate surface area is 188 Å². The van der Waals surface area contributed by atoms with Crippen molar-refractivity contribution in [3.8, 4) is 0 Å². The van der Waals surface area contributed by atoms with E-state index in [0.717, 1.165) is 12.1 Å². The molecule has 10 heteroatoms. The average Bonchev–Trinajstić information content (AvgIpc) is 3.08.